The summed E-state index contributed by atoms with van der Waals surface area (Å²) in [7, 11) is 0. The molecule has 0 saturated heterocycles. The van der Waals surface area contributed by atoms with Gasteiger partial charge in [0.2, 0.25) is 0 Å². The number of rotatable bonds is 10. The third-order valence-corrected chi connectivity index (χ3v) is 8.18. The highest BCUT2D eigenvalue weighted by molar-refractivity contribution is 7.98. The van der Waals surface area contributed by atoms with Gasteiger partial charge in [-0.15, -0.1) is 21.5 Å². The molecule has 0 spiro atoms. The minimum absolute atomic E-state index is 0.0600. The number of nitrogens with zero attached hydrogens (tertiary/aromatic N) is 5. The molecule has 0 saturated carbocycles. The molecular weight excluding hydrogens is 534 g/mol. The van der Waals surface area contributed by atoms with Crippen molar-refractivity contribution in [2.24, 2.45) is 0 Å². The lowest BCUT2D eigenvalue weighted by Gasteiger charge is -2.22. The molecule has 6 nitrogen and oxygen atoms in total. The quantitative estimate of drug-likeness (QED) is 0.175. The van der Waals surface area contributed by atoms with Crippen molar-refractivity contribution < 1.29 is 4.79 Å². The second-order valence-corrected chi connectivity index (χ2v) is 11.0. The first-order chi connectivity index (χ1) is 18.6. The smallest absolute Gasteiger partial charge is 0.273 e. The Bertz CT molecular complexity index is 1500. The first-order valence-electron chi connectivity index (χ1n) is 12.2. The van der Waals surface area contributed by atoms with Crippen molar-refractivity contribution in [3.05, 3.63) is 123 Å². The van der Waals surface area contributed by atoms with E-state index in [1.54, 1.807) is 0 Å². The molecule has 1 amide bonds. The van der Waals surface area contributed by atoms with Crippen LogP contribution in [0.4, 0.5) is 0 Å². The van der Waals surface area contributed by atoms with Crippen LogP contribution in [-0.4, -0.2) is 37.1 Å². The van der Waals surface area contributed by atoms with Crippen molar-refractivity contribution >= 4 is 40.6 Å². The lowest BCUT2D eigenvalue weighted by Crippen LogP contribution is -2.32. The predicted octanol–water partition coefficient (Wildman–Crippen LogP) is 6.86. The van der Waals surface area contributed by atoms with Crippen molar-refractivity contribution in [1.82, 2.24) is 24.6 Å². The van der Waals surface area contributed by atoms with Gasteiger partial charge in [-0.25, -0.2) is 4.98 Å². The fourth-order valence-corrected chi connectivity index (χ4v) is 6.05. The molecule has 0 atom stereocenters. The Kier molecular flexibility index (Phi) is 8.53. The van der Waals surface area contributed by atoms with E-state index in [1.807, 2.05) is 94.6 Å². The first kappa shape index (κ1) is 26.2. The summed E-state index contributed by atoms with van der Waals surface area (Å²) in [5, 5.41) is 12.7. The number of aryl methyl sites for hydroxylation is 1. The summed E-state index contributed by atoms with van der Waals surface area (Å²) in [5.74, 6) is 1.30. The summed E-state index contributed by atoms with van der Waals surface area (Å²) in [6, 6.07) is 27.9. The largest absolute Gasteiger partial charge is 0.333 e. The minimum atomic E-state index is -0.0600. The molecular formula is C29H26ClN5OS2. The van der Waals surface area contributed by atoms with Crippen LogP contribution in [0, 0.1) is 6.92 Å². The Balaban J connectivity index is 1.29. The van der Waals surface area contributed by atoms with E-state index in [0.29, 0.717) is 29.6 Å². The van der Waals surface area contributed by atoms with E-state index in [-0.39, 0.29) is 5.91 Å². The molecule has 0 N–H and O–H groups in total. The number of hydrogen-bond acceptors (Lipinski definition) is 6. The third kappa shape index (κ3) is 6.51. The number of thioether (sulfide) groups is 1. The molecule has 0 aliphatic heterocycles. The zero-order valence-corrected chi connectivity index (χ0v) is 23.2. The molecule has 0 fully saturated rings. The van der Waals surface area contributed by atoms with Gasteiger partial charge >= 0.3 is 0 Å². The van der Waals surface area contributed by atoms with Crippen molar-refractivity contribution in [2.75, 3.05) is 6.54 Å². The summed E-state index contributed by atoms with van der Waals surface area (Å²) in [5.41, 5.74) is 3.68. The Morgan fingerprint density at radius 3 is 2.45 bits per heavy atom. The molecule has 9 heteroatoms. The maximum Gasteiger partial charge on any atom is 0.273 e. The van der Waals surface area contributed by atoms with E-state index in [9.17, 15) is 4.79 Å². The van der Waals surface area contributed by atoms with Gasteiger partial charge in [0.15, 0.2) is 5.16 Å². The highest BCUT2D eigenvalue weighted by atomic mass is 35.5. The van der Waals surface area contributed by atoms with Crippen LogP contribution in [0.1, 0.15) is 32.4 Å². The fourth-order valence-electron chi connectivity index (χ4n) is 4.08. The normalized spacial score (nSPS) is 11.0. The molecule has 0 aliphatic rings. The van der Waals surface area contributed by atoms with E-state index in [2.05, 4.69) is 22.3 Å². The van der Waals surface area contributed by atoms with Crippen molar-refractivity contribution in [3.63, 3.8) is 0 Å². The van der Waals surface area contributed by atoms with Crippen molar-refractivity contribution in [2.45, 2.75) is 30.8 Å². The van der Waals surface area contributed by atoms with Gasteiger partial charge in [0.1, 0.15) is 16.5 Å². The van der Waals surface area contributed by atoms with Gasteiger partial charge < -0.3 is 4.90 Å². The van der Waals surface area contributed by atoms with E-state index >= 15 is 0 Å². The summed E-state index contributed by atoms with van der Waals surface area (Å²) in [6.07, 6.45) is 0.783. The molecule has 0 radical (unpaired) electrons. The second-order valence-electron chi connectivity index (χ2n) is 8.71. The average Bonchev–Trinajstić information content (AvgIpc) is 3.57. The van der Waals surface area contributed by atoms with Crippen molar-refractivity contribution in [3.8, 4) is 5.69 Å². The minimum Gasteiger partial charge on any atom is -0.333 e. The van der Waals surface area contributed by atoms with Gasteiger partial charge in [0.05, 0.1) is 11.4 Å². The number of benzene rings is 3. The van der Waals surface area contributed by atoms with Gasteiger partial charge in [-0.3, -0.25) is 9.36 Å². The number of aromatic nitrogens is 4. The topological polar surface area (TPSA) is 63.9 Å². The number of halogens is 1. The van der Waals surface area contributed by atoms with Gasteiger partial charge in [0.25, 0.3) is 5.91 Å². The molecule has 2 heterocycles. The second kappa shape index (κ2) is 12.4. The molecule has 2 aromatic heterocycles. The van der Waals surface area contributed by atoms with Gasteiger partial charge in [-0.2, -0.15) is 0 Å². The monoisotopic (exact) mass is 559 g/mol. The zero-order chi connectivity index (χ0) is 26.3. The molecule has 38 heavy (non-hydrogen) atoms. The first-order valence-corrected chi connectivity index (χ1v) is 14.4. The molecule has 192 valence electrons. The zero-order valence-electron chi connectivity index (χ0n) is 20.8. The van der Waals surface area contributed by atoms with Crippen LogP contribution < -0.4 is 0 Å². The number of carbonyl (C=O) groups is 1. The SMILES string of the molecule is Cc1nnc(SCc2nc(C(=O)N(CCc3ccccc3)Cc3ccccc3)cs2)n1-c1cccc(Cl)c1. The fraction of sp³-hybridized carbons (Fsp3) is 0.172. The van der Waals surface area contributed by atoms with E-state index in [0.717, 1.165) is 33.7 Å². The van der Waals surface area contributed by atoms with E-state index < -0.39 is 0 Å². The summed E-state index contributed by atoms with van der Waals surface area (Å²) in [4.78, 5) is 20.1. The van der Waals surface area contributed by atoms with Gasteiger partial charge in [-0.1, -0.05) is 90.1 Å². The van der Waals surface area contributed by atoms with Crippen LogP contribution >= 0.6 is 34.7 Å². The summed E-state index contributed by atoms with van der Waals surface area (Å²) >= 11 is 9.22. The summed E-state index contributed by atoms with van der Waals surface area (Å²) < 4.78 is 1.97. The van der Waals surface area contributed by atoms with Gasteiger partial charge in [-0.05, 0) is 42.7 Å². The maximum atomic E-state index is 13.6. The molecule has 3 aromatic carbocycles. The van der Waals surface area contributed by atoms with Crippen LogP contribution in [-0.2, 0) is 18.7 Å². The third-order valence-electron chi connectivity index (χ3n) is 5.97. The van der Waals surface area contributed by atoms with E-state index in [4.69, 9.17) is 16.6 Å². The van der Waals surface area contributed by atoms with Crippen LogP contribution in [0.2, 0.25) is 5.02 Å². The molecule has 0 unspecified atom stereocenters. The van der Waals surface area contributed by atoms with E-state index in [1.165, 1.54) is 28.7 Å². The number of carbonyl (C=O) groups excluding carboxylic acids is 1. The van der Waals surface area contributed by atoms with Crippen LogP contribution in [0.15, 0.2) is 95.5 Å². The van der Waals surface area contributed by atoms with Crippen LogP contribution in [0.3, 0.4) is 0 Å². The predicted molar refractivity (Wildman–Crippen MR) is 154 cm³/mol. The lowest BCUT2D eigenvalue weighted by atomic mass is 10.1. The molecule has 0 aliphatic carbocycles. The Morgan fingerprint density at radius 1 is 0.974 bits per heavy atom. The van der Waals surface area contributed by atoms with Crippen LogP contribution in [0.25, 0.3) is 5.69 Å². The lowest BCUT2D eigenvalue weighted by molar-refractivity contribution is 0.0740. The highest BCUT2D eigenvalue weighted by Gasteiger charge is 2.20. The van der Waals surface area contributed by atoms with Crippen LogP contribution in [0.5, 0.6) is 0 Å². The molecule has 5 rings (SSSR count). The highest BCUT2D eigenvalue weighted by Crippen LogP contribution is 2.27. The Labute approximate surface area is 235 Å². The Hall–Kier alpha value is -3.46. The Morgan fingerprint density at radius 2 is 1.71 bits per heavy atom. The number of amides is 1. The average molecular weight is 560 g/mol. The van der Waals surface area contributed by atoms with Gasteiger partial charge in [0, 0.05) is 23.5 Å². The van der Waals surface area contributed by atoms with Crippen molar-refractivity contribution in [1.29, 1.82) is 0 Å². The number of thiazole rings is 1. The standard InChI is InChI=1S/C29H26ClN5OS2/c1-21-32-33-29(35(21)25-14-8-13-24(30)17-25)38-20-27-31-26(19-37-27)28(36)34(18-23-11-6-3-7-12-23)16-15-22-9-4-2-5-10-22/h2-14,17,19H,15-16,18,20H2,1H3. The maximum absolute atomic E-state index is 13.6. The summed E-state index contributed by atoms with van der Waals surface area (Å²) in [6.45, 7) is 3.06. The number of hydrogen-bond donors (Lipinski definition) is 0. The molecule has 0 bridgehead atoms. The molecule has 5 aromatic rings.